The van der Waals surface area contributed by atoms with Gasteiger partial charge in [0.05, 0.1) is 5.69 Å². The number of hydrogen-bond donors (Lipinski definition) is 2. The van der Waals surface area contributed by atoms with Crippen LogP contribution in [0.15, 0.2) is 53.6 Å². The molecule has 2 aromatic heterocycles. The zero-order chi connectivity index (χ0) is 20.8. The Morgan fingerprint density at radius 1 is 1.10 bits per heavy atom. The molecule has 0 spiro atoms. The van der Waals surface area contributed by atoms with Crippen LogP contribution in [0.25, 0.3) is 11.3 Å². The number of fused-ring (bicyclic) bond motifs is 4. The first-order valence-corrected chi connectivity index (χ1v) is 9.89. The summed E-state index contributed by atoms with van der Waals surface area (Å²) in [6, 6.07) is 11.6. The van der Waals surface area contributed by atoms with E-state index < -0.39 is 0 Å². The summed E-state index contributed by atoms with van der Waals surface area (Å²) in [6.45, 7) is 1.71. The molecule has 0 unspecified atom stereocenters. The second-order valence-corrected chi connectivity index (χ2v) is 8.00. The molecule has 8 nitrogen and oxygen atoms in total. The van der Waals surface area contributed by atoms with Gasteiger partial charge in [0.15, 0.2) is 0 Å². The third-order valence-corrected chi connectivity index (χ3v) is 5.92. The summed E-state index contributed by atoms with van der Waals surface area (Å²) in [5.41, 5.74) is 8.40. The first-order valence-electron chi connectivity index (χ1n) is 9.89. The summed E-state index contributed by atoms with van der Waals surface area (Å²) in [5, 5.41) is 9.71. The Labute approximate surface area is 172 Å². The van der Waals surface area contributed by atoms with Crippen LogP contribution < -0.4 is 11.3 Å². The lowest BCUT2D eigenvalue weighted by Gasteiger charge is -2.43. The van der Waals surface area contributed by atoms with Gasteiger partial charge in [0.2, 0.25) is 0 Å². The molecule has 3 aromatic rings. The first-order chi connectivity index (χ1) is 14.5. The number of piperidine rings is 1. The number of pyridine rings is 1. The number of amides is 1. The lowest BCUT2D eigenvalue weighted by molar-refractivity contribution is 0.0594. The van der Waals surface area contributed by atoms with Crippen LogP contribution in [-0.4, -0.2) is 43.5 Å². The molecule has 8 heteroatoms. The van der Waals surface area contributed by atoms with E-state index in [1.54, 1.807) is 30.3 Å². The van der Waals surface area contributed by atoms with Crippen molar-refractivity contribution in [2.75, 3.05) is 18.8 Å². The minimum Gasteiger partial charge on any atom is -0.508 e. The number of carbonyl (C=O) groups is 1. The monoisotopic (exact) mass is 403 g/mol. The average molecular weight is 403 g/mol. The van der Waals surface area contributed by atoms with Gasteiger partial charge in [0, 0.05) is 54.5 Å². The van der Waals surface area contributed by atoms with Crippen molar-refractivity contribution >= 4 is 11.7 Å². The summed E-state index contributed by atoms with van der Waals surface area (Å²) >= 11 is 0. The number of carbonyl (C=O) groups excluding carboxylic acids is 1. The van der Waals surface area contributed by atoms with Gasteiger partial charge in [0.1, 0.15) is 17.9 Å². The number of rotatable bonds is 2. The van der Waals surface area contributed by atoms with E-state index in [1.807, 2.05) is 15.5 Å². The third kappa shape index (κ3) is 3.20. The molecule has 4 heterocycles. The molecule has 2 aliphatic heterocycles. The van der Waals surface area contributed by atoms with E-state index >= 15 is 0 Å². The molecule has 0 saturated carbocycles. The van der Waals surface area contributed by atoms with Crippen LogP contribution in [0, 0.1) is 5.92 Å². The Balaban J connectivity index is 1.49. The predicted octanol–water partition coefficient (Wildman–Crippen LogP) is 1.85. The van der Waals surface area contributed by atoms with E-state index in [2.05, 4.69) is 9.97 Å². The topological polar surface area (TPSA) is 114 Å². The molecule has 152 valence electrons. The highest BCUT2D eigenvalue weighted by atomic mass is 16.3. The number of hydrogen-bond acceptors (Lipinski definition) is 6. The molecule has 2 bridgehead atoms. The van der Waals surface area contributed by atoms with Crippen LogP contribution in [-0.2, 0) is 6.54 Å². The Hall–Kier alpha value is -3.68. The van der Waals surface area contributed by atoms with Crippen molar-refractivity contribution in [2.24, 2.45) is 5.92 Å². The molecular formula is C22H21N5O3. The number of likely N-dealkylation sites (tertiary alicyclic amines) is 1. The number of nitrogen functional groups attached to an aromatic ring is 1. The van der Waals surface area contributed by atoms with Crippen molar-refractivity contribution in [1.29, 1.82) is 0 Å². The van der Waals surface area contributed by atoms with Gasteiger partial charge in [-0.15, -0.1) is 0 Å². The van der Waals surface area contributed by atoms with Crippen molar-refractivity contribution in [3.63, 3.8) is 0 Å². The Morgan fingerprint density at radius 2 is 1.97 bits per heavy atom. The fourth-order valence-electron chi connectivity index (χ4n) is 4.62. The van der Waals surface area contributed by atoms with Crippen molar-refractivity contribution in [2.45, 2.75) is 18.9 Å². The molecule has 5 rings (SSSR count). The van der Waals surface area contributed by atoms with E-state index in [0.29, 0.717) is 42.3 Å². The zero-order valence-electron chi connectivity index (χ0n) is 16.2. The first kappa shape index (κ1) is 18.4. The summed E-state index contributed by atoms with van der Waals surface area (Å²) < 4.78 is 1.82. The number of nitrogens with zero attached hydrogens (tertiary/aromatic N) is 4. The molecule has 2 atom stereocenters. The average Bonchev–Trinajstić information content (AvgIpc) is 2.73. The number of benzene rings is 1. The maximum atomic E-state index is 13.0. The molecule has 3 N–H and O–H groups in total. The van der Waals surface area contributed by atoms with Crippen molar-refractivity contribution < 1.29 is 9.90 Å². The lowest BCUT2D eigenvalue weighted by Crippen LogP contribution is -2.49. The van der Waals surface area contributed by atoms with Crippen molar-refractivity contribution in [1.82, 2.24) is 19.4 Å². The number of aromatic hydroxyl groups is 1. The summed E-state index contributed by atoms with van der Waals surface area (Å²) in [5.74, 6) is 0.597. The molecule has 1 amide bonds. The van der Waals surface area contributed by atoms with Gasteiger partial charge < -0.3 is 20.3 Å². The number of aromatic nitrogens is 3. The molecule has 1 fully saturated rings. The van der Waals surface area contributed by atoms with E-state index in [4.69, 9.17) is 5.73 Å². The number of nitrogens with two attached hydrogens (primary N) is 1. The molecule has 1 aromatic carbocycles. The SMILES string of the molecule is Nc1cc(-c2cc3n(c(=O)c2)C[C@H]2C[C@@H]3CN(C(=O)c3cccc(O)c3)C2)ncn1. The predicted molar refractivity (Wildman–Crippen MR) is 111 cm³/mol. The number of phenols is 1. The molecule has 0 radical (unpaired) electrons. The molecule has 1 saturated heterocycles. The summed E-state index contributed by atoms with van der Waals surface area (Å²) in [6.07, 6.45) is 2.31. The van der Waals surface area contributed by atoms with Gasteiger partial charge in [0.25, 0.3) is 11.5 Å². The van der Waals surface area contributed by atoms with Crippen LogP contribution in [0.1, 0.15) is 28.4 Å². The Morgan fingerprint density at radius 3 is 2.77 bits per heavy atom. The van der Waals surface area contributed by atoms with Crippen LogP contribution in [0.2, 0.25) is 0 Å². The molecule has 0 aliphatic carbocycles. The zero-order valence-corrected chi connectivity index (χ0v) is 16.2. The fraction of sp³-hybridized carbons (Fsp3) is 0.273. The largest absolute Gasteiger partial charge is 0.508 e. The highest BCUT2D eigenvalue weighted by molar-refractivity contribution is 5.94. The highest BCUT2D eigenvalue weighted by Crippen LogP contribution is 2.37. The van der Waals surface area contributed by atoms with Crippen molar-refractivity contribution in [3.05, 3.63) is 70.4 Å². The van der Waals surface area contributed by atoms with Crippen molar-refractivity contribution in [3.8, 4) is 17.0 Å². The lowest BCUT2D eigenvalue weighted by atomic mass is 9.82. The maximum Gasteiger partial charge on any atom is 0.254 e. The summed E-state index contributed by atoms with van der Waals surface area (Å²) in [4.78, 5) is 35.8. The number of phenolic OH excluding ortho intramolecular Hbond substituents is 1. The Bertz CT molecular complexity index is 1210. The van der Waals surface area contributed by atoms with Crippen LogP contribution in [0.4, 0.5) is 5.82 Å². The van der Waals surface area contributed by atoms with Gasteiger partial charge in [-0.25, -0.2) is 9.97 Å². The fourth-order valence-corrected chi connectivity index (χ4v) is 4.62. The standard InChI is InChI=1S/C22H21N5O3/c23-20-8-18(24-12-25-20)15-6-19-16-4-13(10-27(19)21(29)7-15)9-26(11-16)22(30)14-2-1-3-17(28)5-14/h1-3,5-8,12-13,16,28H,4,9-11H2,(H2,23,24,25)/t13-,16+/m0/s1. The Kier molecular flexibility index (Phi) is 4.27. The van der Waals surface area contributed by atoms with E-state index in [-0.39, 0.29) is 29.1 Å². The second kappa shape index (κ2) is 6.98. The molecular weight excluding hydrogens is 382 g/mol. The van der Waals surface area contributed by atoms with Crippen LogP contribution in [0.3, 0.4) is 0 Å². The van der Waals surface area contributed by atoms with Crippen LogP contribution >= 0.6 is 0 Å². The smallest absolute Gasteiger partial charge is 0.254 e. The molecule has 2 aliphatic rings. The van der Waals surface area contributed by atoms with Gasteiger partial charge in [-0.3, -0.25) is 9.59 Å². The maximum absolute atomic E-state index is 13.0. The van der Waals surface area contributed by atoms with Gasteiger partial charge in [-0.2, -0.15) is 0 Å². The van der Waals surface area contributed by atoms with E-state index in [9.17, 15) is 14.7 Å². The molecule has 30 heavy (non-hydrogen) atoms. The van der Waals surface area contributed by atoms with E-state index in [1.165, 1.54) is 12.4 Å². The third-order valence-electron chi connectivity index (χ3n) is 5.92. The van der Waals surface area contributed by atoms with Crippen LogP contribution in [0.5, 0.6) is 5.75 Å². The van der Waals surface area contributed by atoms with Gasteiger partial charge in [-0.05, 0) is 36.6 Å². The quantitative estimate of drug-likeness (QED) is 0.675. The number of anilines is 1. The highest BCUT2D eigenvalue weighted by Gasteiger charge is 2.37. The minimum atomic E-state index is -0.101. The van der Waals surface area contributed by atoms with E-state index in [0.717, 1.165) is 12.1 Å². The normalized spacial score (nSPS) is 19.9. The van der Waals surface area contributed by atoms with Gasteiger partial charge >= 0.3 is 0 Å². The minimum absolute atomic E-state index is 0.0607. The summed E-state index contributed by atoms with van der Waals surface area (Å²) in [7, 11) is 0. The van der Waals surface area contributed by atoms with Gasteiger partial charge in [-0.1, -0.05) is 6.07 Å². The second-order valence-electron chi connectivity index (χ2n) is 8.00.